The van der Waals surface area contributed by atoms with Crippen molar-refractivity contribution >= 4 is 28.2 Å². The van der Waals surface area contributed by atoms with Gasteiger partial charge in [0.25, 0.3) is 0 Å². The Balaban J connectivity index is 1.68. The molecule has 0 spiro atoms. The largest absolute Gasteiger partial charge is 0.374 e. The highest BCUT2D eigenvalue weighted by atomic mass is 16.1. The summed E-state index contributed by atoms with van der Waals surface area (Å²) in [5.41, 5.74) is 4.82. The highest BCUT2D eigenvalue weighted by Gasteiger charge is 2.06. The minimum atomic E-state index is -0.0806. The van der Waals surface area contributed by atoms with E-state index in [1.165, 1.54) is 0 Å². The highest BCUT2D eigenvalue weighted by Crippen LogP contribution is 2.20. The van der Waals surface area contributed by atoms with Gasteiger partial charge in [0.15, 0.2) is 0 Å². The summed E-state index contributed by atoms with van der Waals surface area (Å²) in [5, 5.41) is 7.13. The Labute approximate surface area is 135 Å². The molecule has 116 valence electrons. The van der Waals surface area contributed by atoms with Crippen LogP contribution in [-0.2, 0) is 4.79 Å². The SMILES string of the molecule is Cc1cc(C)cc(NC(=O)CNc2cccc3cccnc23)c1. The maximum Gasteiger partial charge on any atom is 0.243 e. The van der Waals surface area contributed by atoms with Crippen LogP contribution in [0.5, 0.6) is 0 Å². The van der Waals surface area contributed by atoms with Crippen molar-refractivity contribution in [3.63, 3.8) is 0 Å². The van der Waals surface area contributed by atoms with E-state index in [0.29, 0.717) is 0 Å². The van der Waals surface area contributed by atoms with E-state index in [4.69, 9.17) is 0 Å². The molecule has 1 heterocycles. The van der Waals surface area contributed by atoms with E-state index in [0.717, 1.165) is 33.4 Å². The molecule has 0 saturated heterocycles. The predicted octanol–water partition coefficient (Wildman–Crippen LogP) is 3.90. The van der Waals surface area contributed by atoms with Crippen molar-refractivity contribution in [2.45, 2.75) is 13.8 Å². The smallest absolute Gasteiger partial charge is 0.243 e. The third-order valence-corrected chi connectivity index (χ3v) is 3.58. The third-order valence-electron chi connectivity index (χ3n) is 3.58. The number of fused-ring (bicyclic) bond motifs is 1. The van der Waals surface area contributed by atoms with Gasteiger partial charge in [-0.05, 0) is 49.2 Å². The van der Waals surface area contributed by atoms with E-state index < -0.39 is 0 Å². The summed E-state index contributed by atoms with van der Waals surface area (Å²) in [6, 6.07) is 15.8. The number of aromatic nitrogens is 1. The molecule has 0 bridgehead atoms. The third kappa shape index (κ3) is 3.66. The molecule has 2 aromatic carbocycles. The number of hydrogen-bond donors (Lipinski definition) is 2. The minimum absolute atomic E-state index is 0.0806. The zero-order valence-electron chi connectivity index (χ0n) is 13.3. The molecule has 3 aromatic rings. The quantitative estimate of drug-likeness (QED) is 0.768. The number of amides is 1. The summed E-state index contributed by atoms with van der Waals surface area (Å²) in [6.07, 6.45) is 1.75. The number of para-hydroxylation sites is 1. The van der Waals surface area contributed by atoms with Crippen molar-refractivity contribution in [3.8, 4) is 0 Å². The van der Waals surface area contributed by atoms with Crippen molar-refractivity contribution < 1.29 is 4.79 Å². The Hall–Kier alpha value is -2.88. The second-order valence-corrected chi connectivity index (χ2v) is 5.66. The lowest BCUT2D eigenvalue weighted by molar-refractivity contribution is -0.114. The summed E-state index contributed by atoms with van der Waals surface area (Å²) < 4.78 is 0. The number of carbonyl (C=O) groups is 1. The van der Waals surface area contributed by atoms with Crippen molar-refractivity contribution in [3.05, 3.63) is 65.9 Å². The number of carbonyl (C=O) groups excluding carboxylic acids is 1. The van der Waals surface area contributed by atoms with Gasteiger partial charge in [-0.2, -0.15) is 0 Å². The molecule has 0 aliphatic heterocycles. The van der Waals surface area contributed by atoms with E-state index in [1.807, 2.05) is 56.3 Å². The molecule has 0 aliphatic carbocycles. The Kier molecular flexibility index (Phi) is 4.24. The van der Waals surface area contributed by atoms with Crippen LogP contribution in [0, 0.1) is 13.8 Å². The molecule has 0 fully saturated rings. The first kappa shape index (κ1) is 15.0. The average Bonchev–Trinajstić information content (AvgIpc) is 2.52. The predicted molar refractivity (Wildman–Crippen MR) is 94.8 cm³/mol. The van der Waals surface area contributed by atoms with Crippen molar-refractivity contribution in [2.24, 2.45) is 0 Å². The maximum absolute atomic E-state index is 12.2. The lowest BCUT2D eigenvalue weighted by Gasteiger charge is -2.10. The summed E-state index contributed by atoms with van der Waals surface area (Å²) >= 11 is 0. The summed E-state index contributed by atoms with van der Waals surface area (Å²) in [4.78, 5) is 16.5. The second kappa shape index (κ2) is 6.48. The summed E-state index contributed by atoms with van der Waals surface area (Å²) in [5.74, 6) is -0.0806. The van der Waals surface area contributed by atoms with E-state index >= 15 is 0 Å². The van der Waals surface area contributed by atoms with Crippen LogP contribution in [-0.4, -0.2) is 17.4 Å². The number of aryl methyl sites for hydroxylation is 2. The molecule has 0 atom stereocenters. The van der Waals surface area contributed by atoms with Gasteiger partial charge in [-0.25, -0.2) is 0 Å². The van der Waals surface area contributed by atoms with Gasteiger partial charge in [0, 0.05) is 17.3 Å². The fourth-order valence-electron chi connectivity index (χ4n) is 2.67. The second-order valence-electron chi connectivity index (χ2n) is 5.66. The first-order chi connectivity index (χ1) is 11.1. The zero-order chi connectivity index (χ0) is 16.2. The van der Waals surface area contributed by atoms with Gasteiger partial charge >= 0.3 is 0 Å². The zero-order valence-corrected chi connectivity index (χ0v) is 13.3. The number of nitrogens with one attached hydrogen (secondary N) is 2. The fraction of sp³-hybridized carbons (Fsp3) is 0.158. The number of rotatable bonds is 4. The van der Waals surface area contributed by atoms with Gasteiger partial charge in [0.05, 0.1) is 17.7 Å². The molecule has 4 heteroatoms. The molecule has 0 unspecified atom stereocenters. The highest BCUT2D eigenvalue weighted by molar-refractivity contribution is 5.96. The van der Waals surface area contributed by atoms with Crippen LogP contribution in [0.4, 0.5) is 11.4 Å². The Morgan fingerprint density at radius 1 is 1.04 bits per heavy atom. The molecule has 1 aromatic heterocycles. The molecule has 0 saturated carbocycles. The van der Waals surface area contributed by atoms with Crippen molar-refractivity contribution in [1.82, 2.24) is 4.98 Å². The van der Waals surface area contributed by atoms with Gasteiger partial charge in [-0.15, -0.1) is 0 Å². The fourth-order valence-corrected chi connectivity index (χ4v) is 2.67. The number of nitrogens with zero attached hydrogens (tertiary/aromatic N) is 1. The molecule has 3 rings (SSSR count). The molecule has 0 aliphatic rings. The lowest BCUT2D eigenvalue weighted by atomic mass is 10.1. The maximum atomic E-state index is 12.2. The summed E-state index contributed by atoms with van der Waals surface area (Å²) in [6.45, 7) is 4.23. The molecule has 4 nitrogen and oxygen atoms in total. The minimum Gasteiger partial charge on any atom is -0.374 e. The number of pyridine rings is 1. The van der Waals surface area contributed by atoms with Crippen molar-refractivity contribution in [1.29, 1.82) is 0 Å². The van der Waals surface area contributed by atoms with E-state index in [2.05, 4.69) is 21.7 Å². The average molecular weight is 305 g/mol. The Morgan fingerprint density at radius 3 is 2.57 bits per heavy atom. The van der Waals surface area contributed by atoms with Gasteiger partial charge in [-0.3, -0.25) is 9.78 Å². The Bertz CT molecular complexity index is 833. The van der Waals surface area contributed by atoms with Crippen LogP contribution in [0.15, 0.2) is 54.7 Å². The van der Waals surface area contributed by atoms with Gasteiger partial charge < -0.3 is 10.6 Å². The van der Waals surface area contributed by atoms with E-state index in [-0.39, 0.29) is 12.5 Å². The number of anilines is 2. The van der Waals surface area contributed by atoms with Crippen LogP contribution in [0.25, 0.3) is 10.9 Å². The Morgan fingerprint density at radius 2 is 1.78 bits per heavy atom. The first-order valence-electron chi connectivity index (χ1n) is 7.57. The number of hydrogen-bond acceptors (Lipinski definition) is 3. The number of benzene rings is 2. The van der Waals surface area contributed by atoms with Gasteiger partial charge in [0.2, 0.25) is 5.91 Å². The van der Waals surface area contributed by atoms with Crippen molar-refractivity contribution in [2.75, 3.05) is 17.2 Å². The summed E-state index contributed by atoms with van der Waals surface area (Å²) in [7, 11) is 0. The van der Waals surface area contributed by atoms with Crippen LogP contribution in [0.1, 0.15) is 11.1 Å². The molecule has 2 N–H and O–H groups in total. The van der Waals surface area contributed by atoms with Crippen LogP contribution < -0.4 is 10.6 Å². The van der Waals surface area contributed by atoms with E-state index in [9.17, 15) is 4.79 Å². The normalized spacial score (nSPS) is 10.5. The molecule has 0 radical (unpaired) electrons. The van der Waals surface area contributed by atoms with E-state index in [1.54, 1.807) is 6.20 Å². The molecule has 23 heavy (non-hydrogen) atoms. The van der Waals surface area contributed by atoms with Gasteiger partial charge in [-0.1, -0.05) is 24.3 Å². The van der Waals surface area contributed by atoms with Crippen LogP contribution in [0.3, 0.4) is 0 Å². The monoisotopic (exact) mass is 305 g/mol. The van der Waals surface area contributed by atoms with Crippen LogP contribution in [0.2, 0.25) is 0 Å². The standard InChI is InChI=1S/C19H19N3O/c1-13-9-14(2)11-16(10-13)22-18(23)12-21-17-7-3-5-15-6-4-8-20-19(15)17/h3-11,21H,12H2,1-2H3,(H,22,23). The van der Waals surface area contributed by atoms with Crippen LogP contribution >= 0.6 is 0 Å². The molecular weight excluding hydrogens is 286 g/mol. The first-order valence-corrected chi connectivity index (χ1v) is 7.57. The molecule has 1 amide bonds. The lowest BCUT2D eigenvalue weighted by Crippen LogP contribution is -2.22. The van der Waals surface area contributed by atoms with Gasteiger partial charge in [0.1, 0.15) is 0 Å². The molecular formula is C19H19N3O. The topological polar surface area (TPSA) is 54.0 Å².